The largest absolute Gasteiger partial charge is 0.352 e. The molecule has 1 saturated carbocycles. The van der Waals surface area contributed by atoms with Gasteiger partial charge in [-0.1, -0.05) is 25.3 Å². The monoisotopic (exact) mass is 440 g/mol. The lowest BCUT2D eigenvalue weighted by molar-refractivity contribution is -0.138. The second-order valence-corrected chi connectivity index (χ2v) is 11.0. The second-order valence-electron chi connectivity index (χ2n) is 8.79. The minimum atomic E-state index is -3.03. The van der Waals surface area contributed by atoms with E-state index in [1.165, 1.54) is 6.42 Å². The van der Waals surface area contributed by atoms with Gasteiger partial charge < -0.3 is 10.2 Å². The highest BCUT2D eigenvalue weighted by Crippen LogP contribution is 2.28. The number of piperazine rings is 1. The topological polar surface area (TPSA) is 90.0 Å². The third-order valence-electron chi connectivity index (χ3n) is 6.49. The zero-order chi connectivity index (χ0) is 21.6. The zero-order valence-electron chi connectivity index (χ0n) is 17.9. The third-order valence-corrected chi connectivity index (χ3v) is 8.24. The summed E-state index contributed by atoms with van der Waals surface area (Å²) in [5, 5.41) is 2.79. The number of nitrogens with zero attached hydrogens (tertiary/aromatic N) is 3. The van der Waals surface area contributed by atoms with Gasteiger partial charge in [-0.15, -0.1) is 6.58 Å². The second kappa shape index (κ2) is 10.7. The lowest BCUT2D eigenvalue weighted by Gasteiger charge is -2.40. The summed E-state index contributed by atoms with van der Waals surface area (Å²) in [6.07, 6.45) is 7.61. The van der Waals surface area contributed by atoms with Crippen LogP contribution in [0.1, 0.15) is 38.5 Å². The Bertz CT molecular complexity index is 713. The van der Waals surface area contributed by atoms with Crippen LogP contribution in [-0.4, -0.2) is 104 Å². The summed E-state index contributed by atoms with van der Waals surface area (Å²) in [6.45, 7) is 7.74. The van der Waals surface area contributed by atoms with Gasteiger partial charge in [0.2, 0.25) is 11.8 Å². The van der Waals surface area contributed by atoms with Crippen molar-refractivity contribution in [1.82, 2.24) is 20.0 Å². The molecule has 1 aliphatic carbocycles. The van der Waals surface area contributed by atoms with Gasteiger partial charge in [0.25, 0.3) is 0 Å². The normalized spacial score (nSPS) is 25.7. The first kappa shape index (κ1) is 23.2. The Labute approximate surface area is 180 Å². The quantitative estimate of drug-likeness (QED) is 0.545. The van der Waals surface area contributed by atoms with E-state index < -0.39 is 9.84 Å². The Hall–Kier alpha value is -1.45. The highest BCUT2D eigenvalue weighted by atomic mass is 32.2. The van der Waals surface area contributed by atoms with Crippen molar-refractivity contribution >= 4 is 21.7 Å². The van der Waals surface area contributed by atoms with Gasteiger partial charge in [-0.3, -0.25) is 19.4 Å². The van der Waals surface area contributed by atoms with Crippen LogP contribution in [0.5, 0.6) is 0 Å². The molecule has 2 saturated heterocycles. The highest BCUT2D eigenvalue weighted by Gasteiger charge is 2.39. The van der Waals surface area contributed by atoms with E-state index in [0.29, 0.717) is 26.1 Å². The molecule has 1 unspecified atom stereocenters. The van der Waals surface area contributed by atoms with Crippen LogP contribution in [0, 0.1) is 0 Å². The Balaban J connectivity index is 1.53. The van der Waals surface area contributed by atoms with E-state index in [-0.39, 0.29) is 35.4 Å². The molecule has 8 nitrogen and oxygen atoms in total. The molecule has 0 aromatic carbocycles. The van der Waals surface area contributed by atoms with Crippen molar-refractivity contribution in [1.29, 1.82) is 0 Å². The van der Waals surface area contributed by atoms with Crippen LogP contribution in [0.25, 0.3) is 0 Å². The maximum atomic E-state index is 13.3. The number of amides is 2. The lowest BCUT2D eigenvalue weighted by atomic mass is 9.92. The average Bonchev–Trinajstić information content (AvgIpc) is 3.08. The molecular weight excluding hydrogens is 404 g/mol. The van der Waals surface area contributed by atoms with Gasteiger partial charge in [-0.25, -0.2) is 8.42 Å². The fraction of sp³-hybridized carbons (Fsp3) is 0.810. The van der Waals surface area contributed by atoms with Crippen LogP contribution < -0.4 is 5.32 Å². The molecule has 0 spiro atoms. The summed E-state index contributed by atoms with van der Waals surface area (Å²) >= 11 is 0. The smallest absolute Gasteiger partial charge is 0.237 e. The molecule has 0 aromatic heterocycles. The van der Waals surface area contributed by atoms with Crippen molar-refractivity contribution in [3.63, 3.8) is 0 Å². The molecule has 1 atom stereocenters. The standard InChI is InChI=1S/C21H36N4O4S/c1-2-9-22-20(26)15-23-10-12-24(13-11-23)16-21(27)25(18-6-4-3-5-7-18)19-8-14-30(28,29)17-19/h2,18-19H,1,3-17H2,(H,22,26). The van der Waals surface area contributed by atoms with E-state index in [0.717, 1.165) is 51.9 Å². The van der Waals surface area contributed by atoms with Crippen molar-refractivity contribution in [2.75, 3.05) is 57.3 Å². The summed E-state index contributed by atoms with van der Waals surface area (Å²) in [7, 11) is -3.03. The molecule has 9 heteroatoms. The Morgan fingerprint density at radius 2 is 1.60 bits per heavy atom. The van der Waals surface area contributed by atoms with Gasteiger partial charge in [-0.2, -0.15) is 0 Å². The maximum absolute atomic E-state index is 13.3. The summed E-state index contributed by atoms with van der Waals surface area (Å²) in [4.78, 5) is 31.3. The molecule has 0 radical (unpaired) electrons. The predicted molar refractivity (Wildman–Crippen MR) is 117 cm³/mol. The van der Waals surface area contributed by atoms with Gasteiger partial charge in [0.1, 0.15) is 0 Å². The molecule has 2 heterocycles. The van der Waals surface area contributed by atoms with Crippen LogP contribution in [-0.2, 0) is 19.4 Å². The molecule has 3 fully saturated rings. The maximum Gasteiger partial charge on any atom is 0.237 e. The lowest BCUT2D eigenvalue weighted by Crippen LogP contribution is -2.55. The predicted octanol–water partition coefficient (Wildman–Crippen LogP) is 0.255. The number of sulfone groups is 1. The van der Waals surface area contributed by atoms with Crippen molar-refractivity contribution in [2.45, 2.75) is 50.6 Å². The third kappa shape index (κ3) is 6.52. The van der Waals surface area contributed by atoms with E-state index in [4.69, 9.17) is 0 Å². The molecule has 3 aliphatic rings. The van der Waals surface area contributed by atoms with E-state index in [1.54, 1.807) is 6.08 Å². The van der Waals surface area contributed by atoms with Crippen LogP contribution in [0.2, 0.25) is 0 Å². The molecule has 1 N–H and O–H groups in total. The average molecular weight is 441 g/mol. The zero-order valence-corrected chi connectivity index (χ0v) is 18.7. The molecule has 0 bridgehead atoms. The molecule has 2 aliphatic heterocycles. The molecule has 30 heavy (non-hydrogen) atoms. The number of carbonyl (C=O) groups is 2. The summed E-state index contributed by atoms with van der Waals surface area (Å²) < 4.78 is 24.1. The van der Waals surface area contributed by atoms with Crippen LogP contribution >= 0.6 is 0 Å². The number of rotatable bonds is 8. The fourth-order valence-electron chi connectivity index (χ4n) is 4.88. The van der Waals surface area contributed by atoms with E-state index in [9.17, 15) is 18.0 Å². The molecule has 170 valence electrons. The number of hydrogen-bond acceptors (Lipinski definition) is 6. The molecular formula is C21H36N4O4S. The summed E-state index contributed by atoms with van der Waals surface area (Å²) in [6, 6.07) is 0.0137. The van der Waals surface area contributed by atoms with E-state index in [2.05, 4.69) is 21.7 Å². The van der Waals surface area contributed by atoms with Gasteiger partial charge in [0.15, 0.2) is 9.84 Å². The summed E-state index contributed by atoms with van der Waals surface area (Å²) in [5.41, 5.74) is 0. The summed E-state index contributed by atoms with van der Waals surface area (Å²) in [5.74, 6) is 0.371. The molecule has 3 rings (SSSR count). The SMILES string of the molecule is C=CCNC(=O)CN1CCN(CC(=O)N(C2CCCCC2)C2CCS(=O)(=O)C2)CC1. The number of nitrogens with one attached hydrogen (secondary N) is 1. The highest BCUT2D eigenvalue weighted by molar-refractivity contribution is 7.91. The van der Waals surface area contributed by atoms with E-state index in [1.807, 2.05) is 4.90 Å². The minimum Gasteiger partial charge on any atom is -0.352 e. The van der Waals surface area contributed by atoms with Crippen LogP contribution in [0.4, 0.5) is 0 Å². The Morgan fingerprint density at radius 3 is 2.17 bits per heavy atom. The Kier molecular flexibility index (Phi) is 8.30. The first-order chi connectivity index (χ1) is 14.4. The van der Waals surface area contributed by atoms with Crippen molar-refractivity contribution in [3.05, 3.63) is 12.7 Å². The van der Waals surface area contributed by atoms with Crippen molar-refractivity contribution in [2.24, 2.45) is 0 Å². The van der Waals surface area contributed by atoms with Gasteiger partial charge in [0, 0.05) is 44.8 Å². The van der Waals surface area contributed by atoms with Crippen molar-refractivity contribution < 1.29 is 18.0 Å². The fourth-order valence-corrected chi connectivity index (χ4v) is 6.59. The van der Waals surface area contributed by atoms with Gasteiger partial charge in [0.05, 0.1) is 24.6 Å². The van der Waals surface area contributed by atoms with Crippen LogP contribution in [0.3, 0.4) is 0 Å². The number of hydrogen-bond donors (Lipinski definition) is 1. The first-order valence-electron chi connectivity index (χ1n) is 11.2. The van der Waals surface area contributed by atoms with Crippen molar-refractivity contribution in [3.8, 4) is 0 Å². The molecule has 0 aromatic rings. The van der Waals surface area contributed by atoms with Crippen LogP contribution in [0.15, 0.2) is 12.7 Å². The van der Waals surface area contributed by atoms with Gasteiger partial charge >= 0.3 is 0 Å². The molecule has 2 amide bonds. The van der Waals surface area contributed by atoms with Gasteiger partial charge in [-0.05, 0) is 19.3 Å². The Morgan fingerprint density at radius 1 is 0.967 bits per heavy atom. The minimum absolute atomic E-state index is 0.00894. The number of carbonyl (C=O) groups excluding carboxylic acids is 2. The van der Waals surface area contributed by atoms with E-state index >= 15 is 0 Å². The first-order valence-corrected chi connectivity index (χ1v) is 13.0.